The smallest absolute Gasteiger partial charge is 0.00670 e. The van der Waals surface area contributed by atoms with Crippen LogP contribution in [-0.2, 0) is 12.8 Å². The van der Waals surface area contributed by atoms with Crippen LogP contribution in [0.5, 0.6) is 0 Å². The summed E-state index contributed by atoms with van der Waals surface area (Å²) in [5, 5.41) is 3.68. The molecule has 0 fully saturated rings. The monoisotopic (exact) mass is 267 g/mol. The lowest BCUT2D eigenvalue weighted by molar-refractivity contribution is 0.438. The van der Waals surface area contributed by atoms with Crippen LogP contribution in [-0.4, -0.2) is 12.6 Å². The Kier molecular flexibility index (Phi) is 8.36. The number of thiophene rings is 1. The maximum absolute atomic E-state index is 3.68. The summed E-state index contributed by atoms with van der Waals surface area (Å²) in [6.45, 7) is 7.94. The van der Waals surface area contributed by atoms with Gasteiger partial charge in [-0.3, -0.25) is 0 Å². The summed E-state index contributed by atoms with van der Waals surface area (Å²) >= 11 is 2.00. The highest BCUT2D eigenvalue weighted by Crippen LogP contribution is 2.19. The third-order valence-electron chi connectivity index (χ3n) is 3.36. The first-order chi connectivity index (χ1) is 8.80. The number of hydrogen-bond acceptors (Lipinski definition) is 2. The Morgan fingerprint density at radius 1 is 1.06 bits per heavy atom. The molecule has 1 atom stereocenters. The van der Waals surface area contributed by atoms with Gasteiger partial charge in [0.2, 0.25) is 0 Å². The van der Waals surface area contributed by atoms with Crippen molar-refractivity contribution in [1.29, 1.82) is 0 Å². The second kappa shape index (κ2) is 9.57. The average Bonchev–Trinajstić information content (AvgIpc) is 2.84. The van der Waals surface area contributed by atoms with Gasteiger partial charge in [-0.15, -0.1) is 11.3 Å². The third-order valence-corrected chi connectivity index (χ3v) is 4.65. The molecule has 0 aliphatic rings. The van der Waals surface area contributed by atoms with E-state index in [1.54, 1.807) is 4.88 Å². The van der Waals surface area contributed by atoms with Gasteiger partial charge in [-0.2, -0.15) is 0 Å². The molecule has 2 heteroatoms. The van der Waals surface area contributed by atoms with Crippen molar-refractivity contribution in [3.63, 3.8) is 0 Å². The minimum absolute atomic E-state index is 0.737. The first-order valence-electron chi connectivity index (χ1n) is 7.61. The van der Waals surface area contributed by atoms with Crippen LogP contribution >= 0.6 is 11.3 Å². The molecule has 0 aliphatic carbocycles. The molecule has 1 heterocycles. The molecule has 1 aromatic rings. The molecular weight excluding hydrogens is 238 g/mol. The zero-order chi connectivity index (χ0) is 13.2. The summed E-state index contributed by atoms with van der Waals surface area (Å²) in [7, 11) is 0. The van der Waals surface area contributed by atoms with E-state index in [0.717, 1.165) is 6.04 Å². The minimum atomic E-state index is 0.737. The summed E-state index contributed by atoms with van der Waals surface area (Å²) in [4.78, 5) is 3.09. The van der Waals surface area contributed by atoms with Crippen LogP contribution in [0, 0.1) is 0 Å². The standard InChI is InChI=1S/C16H29NS/c1-4-8-14(17-13-5-2)9-7-10-16-12-11-15(6-3)18-16/h11-12,14,17H,4-10,13H2,1-3H3. The second-order valence-electron chi connectivity index (χ2n) is 5.05. The normalized spacial score (nSPS) is 12.8. The van der Waals surface area contributed by atoms with E-state index in [4.69, 9.17) is 0 Å². The van der Waals surface area contributed by atoms with E-state index in [-0.39, 0.29) is 0 Å². The van der Waals surface area contributed by atoms with Crippen molar-refractivity contribution in [3.8, 4) is 0 Å². The molecule has 18 heavy (non-hydrogen) atoms. The molecule has 1 N–H and O–H groups in total. The van der Waals surface area contributed by atoms with Crippen molar-refractivity contribution in [3.05, 3.63) is 21.9 Å². The number of hydrogen-bond donors (Lipinski definition) is 1. The van der Waals surface area contributed by atoms with Crippen LogP contribution < -0.4 is 5.32 Å². The fourth-order valence-corrected chi connectivity index (χ4v) is 3.31. The van der Waals surface area contributed by atoms with Crippen LogP contribution in [0.25, 0.3) is 0 Å². The highest BCUT2D eigenvalue weighted by Gasteiger charge is 2.06. The SMILES string of the molecule is CCCNC(CCC)CCCc1ccc(CC)s1. The van der Waals surface area contributed by atoms with Gasteiger partial charge in [-0.25, -0.2) is 0 Å². The maximum atomic E-state index is 3.68. The van der Waals surface area contributed by atoms with E-state index < -0.39 is 0 Å². The predicted octanol–water partition coefficient (Wildman–Crippen LogP) is 4.80. The molecule has 0 amide bonds. The third kappa shape index (κ3) is 6.01. The molecule has 0 saturated heterocycles. The van der Waals surface area contributed by atoms with Gasteiger partial charge in [0, 0.05) is 15.8 Å². The summed E-state index contributed by atoms with van der Waals surface area (Å²) in [5.41, 5.74) is 0. The van der Waals surface area contributed by atoms with E-state index in [9.17, 15) is 0 Å². The number of rotatable bonds is 10. The fourth-order valence-electron chi connectivity index (χ4n) is 2.31. The Balaban J connectivity index is 2.24. The molecule has 0 radical (unpaired) electrons. The van der Waals surface area contributed by atoms with E-state index in [1.165, 1.54) is 56.4 Å². The zero-order valence-corrected chi connectivity index (χ0v) is 13.1. The Labute approximate surface area is 117 Å². The van der Waals surface area contributed by atoms with Gasteiger partial charge >= 0.3 is 0 Å². The topological polar surface area (TPSA) is 12.0 Å². The molecular formula is C16H29NS. The second-order valence-corrected chi connectivity index (χ2v) is 6.31. The Hall–Kier alpha value is -0.340. The van der Waals surface area contributed by atoms with Gasteiger partial charge < -0.3 is 5.32 Å². The first kappa shape index (κ1) is 15.7. The van der Waals surface area contributed by atoms with Crippen LogP contribution in [0.1, 0.15) is 62.6 Å². The Morgan fingerprint density at radius 3 is 2.44 bits per heavy atom. The van der Waals surface area contributed by atoms with Gasteiger partial charge in [0.15, 0.2) is 0 Å². The molecule has 0 spiro atoms. The van der Waals surface area contributed by atoms with E-state index in [1.807, 2.05) is 11.3 Å². The quantitative estimate of drug-likeness (QED) is 0.642. The minimum Gasteiger partial charge on any atom is -0.314 e. The highest BCUT2D eigenvalue weighted by atomic mass is 32.1. The lowest BCUT2D eigenvalue weighted by Gasteiger charge is -2.17. The van der Waals surface area contributed by atoms with Gasteiger partial charge in [-0.05, 0) is 57.2 Å². The van der Waals surface area contributed by atoms with Gasteiger partial charge in [-0.1, -0.05) is 27.2 Å². The van der Waals surface area contributed by atoms with Crippen molar-refractivity contribution in [2.24, 2.45) is 0 Å². The van der Waals surface area contributed by atoms with Crippen LogP contribution in [0.3, 0.4) is 0 Å². The Morgan fingerprint density at radius 2 is 1.83 bits per heavy atom. The van der Waals surface area contributed by atoms with E-state index in [0.29, 0.717) is 0 Å². The van der Waals surface area contributed by atoms with Crippen molar-refractivity contribution in [1.82, 2.24) is 5.32 Å². The molecule has 0 saturated carbocycles. The van der Waals surface area contributed by atoms with Gasteiger partial charge in [0.25, 0.3) is 0 Å². The molecule has 0 aliphatic heterocycles. The van der Waals surface area contributed by atoms with E-state index >= 15 is 0 Å². The summed E-state index contributed by atoms with van der Waals surface area (Å²) in [6.07, 6.45) is 8.95. The zero-order valence-electron chi connectivity index (χ0n) is 12.3. The van der Waals surface area contributed by atoms with Crippen LogP contribution in [0.4, 0.5) is 0 Å². The molecule has 1 rings (SSSR count). The summed E-state index contributed by atoms with van der Waals surface area (Å²) in [5.74, 6) is 0. The van der Waals surface area contributed by atoms with Crippen molar-refractivity contribution in [2.45, 2.75) is 71.8 Å². The largest absolute Gasteiger partial charge is 0.314 e. The summed E-state index contributed by atoms with van der Waals surface area (Å²) in [6, 6.07) is 5.34. The molecule has 1 nitrogen and oxygen atoms in total. The van der Waals surface area contributed by atoms with Crippen molar-refractivity contribution < 1.29 is 0 Å². The van der Waals surface area contributed by atoms with Gasteiger partial charge in [0.1, 0.15) is 0 Å². The summed E-state index contributed by atoms with van der Waals surface area (Å²) < 4.78 is 0. The molecule has 104 valence electrons. The van der Waals surface area contributed by atoms with E-state index in [2.05, 4.69) is 38.2 Å². The predicted molar refractivity (Wildman–Crippen MR) is 83.6 cm³/mol. The maximum Gasteiger partial charge on any atom is 0.00670 e. The first-order valence-corrected chi connectivity index (χ1v) is 8.42. The molecule has 0 bridgehead atoms. The lowest BCUT2D eigenvalue weighted by atomic mass is 10.0. The Bertz CT molecular complexity index is 306. The van der Waals surface area contributed by atoms with Crippen molar-refractivity contribution >= 4 is 11.3 Å². The van der Waals surface area contributed by atoms with Crippen LogP contribution in [0.15, 0.2) is 12.1 Å². The fraction of sp³-hybridized carbons (Fsp3) is 0.750. The van der Waals surface area contributed by atoms with Crippen molar-refractivity contribution in [2.75, 3.05) is 6.54 Å². The molecule has 0 aromatic carbocycles. The lowest BCUT2D eigenvalue weighted by Crippen LogP contribution is -2.29. The molecule has 1 aromatic heterocycles. The number of nitrogens with one attached hydrogen (secondary N) is 1. The molecule has 1 unspecified atom stereocenters. The number of aryl methyl sites for hydroxylation is 2. The average molecular weight is 267 g/mol. The highest BCUT2D eigenvalue weighted by molar-refractivity contribution is 7.11. The van der Waals surface area contributed by atoms with Crippen LogP contribution in [0.2, 0.25) is 0 Å². The van der Waals surface area contributed by atoms with Gasteiger partial charge in [0.05, 0.1) is 0 Å².